The third kappa shape index (κ3) is 1.52. The van der Waals surface area contributed by atoms with Gasteiger partial charge in [0.05, 0.1) is 5.52 Å². The molecule has 2 rings (SSSR count). The SMILES string of the molecule is CC(C)Nn1ccc2ccccc21. The molecule has 13 heavy (non-hydrogen) atoms. The first-order chi connectivity index (χ1) is 6.27. The van der Waals surface area contributed by atoms with Crippen LogP contribution in [0.15, 0.2) is 36.5 Å². The zero-order chi connectivity index (χ0) is 9.26. The second kappa shape index (κ2) is 3.13. The summed E-state index contributed by atoms with van der Waals surface area (Å²) in [5, 5.41) is 1.27. The molecule has 2 heteroatoms. The van der Waals surface area contributed by atoms with Crippen LogP contribution in [-0.2, 0) is 0 Å². The van der Waals surface area contributed by atoms with Gasteiger partial charge in [0, 0.05) is 17.6 Å². The van der Waals surface area contributed by atoms with Gasteiger partial charge in [0.25, 0.3) is 0 Å². The fourth-order valence-electron chi connectivity index (χ4n) is 1.47. The lowest BCUT2D eigenvalue weighted by Gasteiger charge is -2.12. The van der Waals surface area contributed by atoms with Crippen LogP contribution in [0.1, 0.15) is 13.8 Å². The average Bonchev–Trinajstić information content (AvgIpc) is 2.48. The molecule has 1 N–H and O–H groups in total. The van der Waals surface area contributed by atoms with Crippen molar-refractivity contribution in [3.8, 4) is 0 Å². The highest BCUT2D eigenvalue weighted by Gasteiger charge is 1.99. The molecule has 0 amide bonds. The van der Waals surface area contributed by atoms with E-state index in [1.807, 2.05) is 0 Å². The normalized spacial score (nSPS) is 11.0. The molecular formula is C11H14N2. The molecule has 68 valence electrons. The van der Waals surface area contributed by atoms with Crippen molar-refractivity contribution in [3.05, 3.63) is 36.5 Å². The lowest BCUT2D eigenvalue weighted by molar-refractivity contribution is 0.755. The molecule has 0 atom stereocenters. The summed E-state index contributed by atoms with van der Waals surface area (Å²) in [6, 6.07) is 10.9. The molecular weight excluding hydrogens is 160 g/mol. The summed E-state index contributed by atoms with van der Waals surface area (Å²) in [6.45, 7) is 4.27. The predicted octanol–water partition coefficient (Wildman–Crippen LogP) is 2.59. The van der Waals surface area contributed by atoms with Crippen molar-refractivity contribution in [1.29, 1.82) is 0 Å². The van der Waals surface area contributed by atoms with Gasteiger partial charge in [-0.3, -0.25) is 4.68 Å². The molecule has 1 heterocycles. The number of aromatic nitrogens is 1. The van der Waals surface area contributed by atoms with Crippen molar-refractivity contribution < 1.29 is 0 Å². The Morgan fingerprint density at radius 3 is 2.69 bits per heavy atom. The van der Waals surface area contributed by atoms with Crippen LogP contribution in [0.25, 0.3) is 10.9 Å². The van der Waals surface area contributed by atoms with Crippen LogP contribution in [-0.4, -0.2) is 10.7 Å². The van der Waals surface area contributed by atoms with E-state index in [-0.39, 0.29) is 0 Å². The monoisotopic (exact) mass is 174 g/mol. The maximum atomic E-state index is 3.34. The smallest absolute Gasteiger partial charge is 0.0692 e. The predicted molar refractivity (Wildman–Crippen MR) is 56.4 cm³/mol. The number of nitrogens with zero attached hydrogens (tertiary/aromatic N) is 1. The Labute approximate surface area is 78.1 Å². The van der Waals surface area contributed by atoms with E-state index in [2.05, 4.69) is 60.5 Å². The molecule has 0 saturated heterocycles. The zero-order valence-electron chi connectivity index (χ0n) is 7.99. The van der Waals surface area contributed by atoms with E-state index >= 15 is 0 Å². The first kappa shape index (κ1) is 8.17. The second-order valence-electron chi connectivity index (χ2n) is 3.53. The molecule has 0 aliphatic heterocycles. The quantitative estimate of drug-likeness (QED) is 0.740. The number of benzene rings is 1. The highest BCUT2D eigenvalue weighted by molar-refractivity contribution is 5.80. The molecule has 0 radical (unpaired) electrons. The highest BCUT2D eigenvalue weighted by Crippen LogP contribution is 2.13. The van der Waals surface area contributed by atoms with Gasteiger partial charge >= 0.3 is 0 Å². The first-order valence-electron chi connectivity index (χ1n) is 4.60. The minimum atomic E-state index is 0.454. The fourth-order valence-corrected chi connectivity index (χ4v) is 1.47. The Morgan fingerprint density at radius 1 is 1.15 bits per heavy atom. The molecule has 0 saturated carbocycles. The van der Waals surface area contributed by atoms with Gasteiger partial charge in [-0.05, 0) is 26.0 Å². The third-order valence-corrected chi connectivity index (χ3v) is 2.00. The lowest BCUT2D eigenvalue weighted by atomic mass is 10.3. The Hall–Kier alpha value is -1.44. The number of nitrogens with one attached hydrogen (secondary N) is 1. The Balaban J connectivity index is 2.46. The Morgan fingerprint density at radius 2 is 1.92 bits per heavy atom. The van der Waals surface area contributed by atoms with Gasteiger partial charge in [0.2, 0.25) is 0 Å². The van der Waals surface area contributed by atoms with E-state index in [0.29, 0.717) is 6.04 Å². The van der Waals surface area contributed by atoms with Crippen molar-refractivity contribution in [1.82, 2.24) is 4.68 Å². The van der Waals surface area contributed by atoms with Crippen LogP contribution in [0.3, 0.4) is 0 Å². The van der Waals surface area contributed by atoms with Crippen molar-refractivity contribution in [2.45, 2.75) is 19.9 Å². The minimum absolute atomic E-state index is 0.454. The van der Waals surface area contributed by atoms with E-state index in [1.54, 1.807) is 0 Å². The largest absolute Gasteiger partial charge is 0.323 e. The summed E-state index contributed by atoms with van der Waals surface area (Å²) >= 11 is 0. The summed E-state index contributed by atoms with van der Waals surface area (Å²) in [6.07, 6.45) is 2.06. The summed E-state index contributed by atoms with van der Waals surface area (Å²) in [5.41, 5.74) is 4.58. The van der Waals surface area contributed by atoms with Gasteiger partial charge in [-0.2, -0.15) is 0 Å². The average molecular weight is 174 g/mol. The molecule has 1 aromatic heterocycles. The molecule has 0 spiro atoms. The molecule has 0 aliphatic carbocycles. The summed E-state index contributed by atoms with van der Waals surface area (Å²) < 4.78 is 2.07. The number of rotatable bonds is 2. The zero-order valence-corrected chi connectivity index (χ0v) is 7.99. The Kier molecular flexibility index (Phi) is 1.97. The first-order valence-corrected chi connectivity index (χ1v) is 4.60. The number of hydrogen-bond acceptors (Lipinski definition) is 1. The highest BCUT2D eigenvalue weighted by atomic mass is 15.4. The number of fused-ring (bicyclic) bond motifs is 1. The summed E-state index contributed by atoms with van der Waals surface area (Å²) in [4.78, 5) is 0. The van der Waals surface area contributed by atoms with Crippen LogP contribution < -0.4 is 5.43 Å². The maximum Gasteiger partial charge on any atom is 0.0692 e. The summed E-state index contributed by atoms with van der Waals surface area (Å²) in [7, 11) is 0. The van der Waals surface area contributed by atoms with Gasteiger partial charge < -0.3 is 5.43 Å². The molecule has 0 fully saturated rings. The van der Waals surface area contributed by atoms with Crippen molar-refractivity contribution in [3.63, 3.8) is 0 Å². The maximum absolute atomic E-state index is 3.34. The van der Waals surface area contributed by atoms with E-state index in [4.69, 9.17) is 0 Å². The van der Waals surface area contributed by atoms with Crippen molar-refractivity contribution in [2.75, 3.05) is 5.43 Å². The third-order valence-electron chi connectivity index (χ3n) is 2.00. The topological polar surface area (TPSA) is 17.0 Å². The standard InChI is InChI=1S/C11H14N2/c1-9(2)12-13-8-7-10-5-3-4-6-11(10)13/h3-9,12H,1-2H3. The van der Waals surface area contributed by atoms with E-state index in [1.165, 1.54) is 10.9 Å². The van der Waals surface area contributed by atoms with Gasteiger partial charge in [0.1, 0.15) is 0 Å². The van der Waals surface area contributed by atoms with E-state index < -0.39 is 0 Å². The van der Waals surface area contributed by atoms with Crippen molar-refractivity contribution >= 4 is 10.9 Å². The Bertz CT molecular complexity index is 401. The molecule has 0 unspecified atom stereocenters. The van der Waals surface area contributed by atoms with Gasteiger partial charge in [-0.15, -0.1) is 0 Å². The van der Waals surface area contributed by atoms with E-state index in [0.717, 1.165) is 0 Å². The summed E-state index contributed by atoms with van der Waals surface area (Å²) in [5.74, 6) is 0. The van der Waals surface area contributed by atoms with Crippen LogP contribution >= 0.6 is 0 Å². The van der Waals surface area contributed by atoms with Gasteiger partial charge in [-0.25, -0.2) is 0 Å². The van der Waals surface area contributed by atoms with Gasteiger partial charge in [0.15, 0.2) is 0 Å². The van der Waals surface area contributed by atoms with Crippen LogP contribution in [0.2, 0.25) is 0 Å². The molecule has 2 nitrogen and oxygen atoms in total. The second-order valence-corrected chi connectivity index (χ2v) is 3.53. The van der Waals surface area contributed by atoms with E-state index in [9.17, 15) is 0 Å². The minimum Gasteiger partial charge on any atom is -0.323 e. The number of para-hydroxylation sites is 1. The van der Waals surface area contributed by atoms with Crippen LogP contribution in [0.4, 0.5) is 0 Å². The molecule has 0 bridgehead atoms. The van der Waals surface area contributed by atoms with Crippen LogP contribution in [0, 0.1) is 0 Å². The van der Waals surface area contributed by atoms with Gasteiger partial charge in [-0.1, -0.05) is 18.2 Å². The number of hydrogen-bond donors (Lipinski definition) is 1. The van der Waals surface area contributed by atoms with Crippen molar-refractivity contribution in [2.24, 2.45) is 0 Å². The lowest BCUT2D eigenvalue weighted by Crippen LogP contribution is -2.20. The molecule has 0 aliphatic rings. The van der Waals surface area contributed by atoms with Crippen LogP contribution in [0.5, 0.6) is 0 Å². The fraction of sp³-hybridized carbons (Fsp3) is 0.273. The molecule has 1 aromatic carbocycles. The molecule has 2 aromatic rings.